The summed E-state index contributed by atoms with van der Waals surface area (Å²) in [4.78, 5) is 14.3. The van der Waals surface area contributed by atoms with Gasteiger partial charge < -0.3 is 4.90 Å². The number of rotatable bonds is 5. The molecule has 1 rings (SSSR count). The highest BCUT2D eigenvalue weighted by Gasteiger charge is 2.29. The molecule has 1 amide bonds. The molecule has 94 valence electrons. The van der Waals surface area contributed by atoms with Crippen molar-refractivity contribution >= 4 is 5.91 Å². The fourth-order valence-electron chi connectivity index (χ4n) is 1.71. The van der Waals surface area contributed by atoms with Gasteiger partial charge >= 0.3 is 0 Å². The lowest BCUT2D eigenvalue weighted by molar-refractivity contribution is -0.141. The Balaban J connectivity index is 2.76. The number of carbonyl (C=O) groups excluding carboxylic acids is 1. The van der Waals surface area contributed by atoms with Gasteiger partial charge in [0.25, 0.3) is 0 Å². The summed E-state index contributed by atoms with van der Waals surface area (Å²) in [5.74, 6) is 0.242. The summed E-state index contributed by atoms with van der Waals surface area (Å²) >= 11 is 0. The van der Waals surface area contributed by atoms with E-state index in [1.165, 1.54) is 5.56 Å². The van der Waals surface area contributed by atoms with Crippen molar-refractivity contribution < 1.29 is 4.79 Å². The molecule has 0 saturated carbocycles. The first kappa shape index (κ1) is 13.8. The molecule has 2 nitrogen and oxygen atoms in total. The van der Waals surface area contributed by atoms with Crippen LogP contribution in [0.25, 0.3) is 0 Å². The van der Waals surface area contributed by atoms with Gasteiger partial charge in [0.05, 0.1) is 0 Å². The van der Waals surface area contributed by atoms with E-state index in [4.69, 9.17) is 0 Å². The molecular formula is C15H23NO. The van der Waals surface area contributed by atoms with Gasteiger partial charge in [-0.05, 0) is 18.9 Å². The zero-order valence-electron chi connectivity index (χ0n) is 11.4. The van der Waals surface area contributed by atoms with E-state index >= 15 is 0 Å². The van der Waals surface area contributed by atoms with Gasteiger partial charge in [0.2, 0.25) is 5.91 Å². The van der Waals surface area contributed by atoms with Gasteiger partial charge in [-0.3, -0.25) is 4.79 Å². The fourth-order valence-corrected chi connectivity index (χ4v) is 1.71. The largest absolute Gasteiger partial charge is 0.338 e. The quantitative estimate of drug-likeness (QED) is 0.762. The molecule has 0 saturated heterocycles. The molecule has 0 fully saturated rings. The maximum Gasteiger partial charge on any atom is 0.228 e. The SMILES string of the molecule is CCN(Cc1ccccc1)C(=O)C(C)(C)CC. The summed E-state index contributed by atoms with van der Waals surface area (Å²) in [6, 6.07) is 10.2. The Bertz CT molecular complexity index is 356. The second-order valence-corrected chi connectivity index (χ2v) is 5.04. The summed E-state index contributed by atoms with van der Waals surface area (Å²) in [6.45, 7) is 9.60. The molecule has 0 unspecified atom stereocenters. The first-order valence-corrected chi connectivity index (χ1v) is 6.34. The van der Waals surface area contributed by atoms with Crippen molar-refractivity contribution in [1.29, 1.82) is 0 Å². The number of benzene rings is 1. The van der Waals surface area contributed by atoms with E-state index < -0.39 is 0 Å². The van der Waals surface area contributed by atoms with E-state index in [1.54, 1.807) is 0 Å². The van der Waals surface area contributed by atoms with Crippen molar-refractivity contribution in [1.82, 2.24) is 4.90 Å². The molecule has 0 aliphatic carbocycles. The predicted octanol–water partition coefficient (Wildman–Crippen LogP) is 3.47. The summed E-state index contributed by atoms with van der Waals surface area (Å²) in [7, 11) is 0. The van der Waals surface area contributed by atoms with Crippen LogP contribution in [-0.4, -0.2) is 17.4 Å². The van der Waals surface area contributed by atoms with E-state index in [0.717, 1.165) is 13.0 Å². The van der Waals surface area contributed by atoms with E-state index in [9.17, 15) is 4.79 Å². The van der Waals surface area contributed by atoms with Gasteiger partial charge in [0.15, 0.2) is 0 Å². The van der Waals surface area contributed by atoms with Gasteiger partial charge in [0.1, 0.15) is 0 Å². The molecule has 0 spiro atoms. The van der Waals surface area contributed by atoms with Gasteiger partial charge in [-0.1, -0.05) is 51.1 Å². The molecule has 1 aromatic rings. The van der Waals surface area contributed by atoms with Crippen molar-refractivity contribution in [2.45, 2.75) is 40.7 Å². The number of hydrogen-bond donors (Lipinski definition) is 0. The molecule has 0 aliphatic heterocycles. The molecule has 0 N–H and O–H groups in total. The monoisotopic (exact) mass is 233 g/mol. The van der Waals surface area contributed by atoms with E-state index in [0.29, 0.717) is 6.54 Å². The molecule has 0 heterocycles. The molecule has 0 radical (unpaired) electrons. The van der Waals surface area contributed by atoms with Crippen LogP contribution in [-0.2, 0) is 11.3 Å². The van der Waals surface area contributed by atoms with Crippen LogP contribution in [0.15, 0.2) is 30.3 Å². The van der Waals surface area contributed by atoms with Crippen molar-refractivity contribution in [3.05, 3.63) is 35.9 Å². The highest BCUT2D eigenvalue weighted by atomic mass is 16.2. The highest BCUT2D eigenvalue weighted by molar-refractivity contribution is 5.81. The third-order valence-corrected chi connectivity index (χ3v) is 3.35. The molecule has 1 aromatic carbocycles. The van der Waals surface area contributed by atoms with Crippen LogP contribution in [0, 0.1) is 5.41 Å². The highest BCUT2D eigenvalue weighted by Crippen LogP contribution is 2.23. The Morgan fingerprint density at radius 1 is 1.18 bits per heavy atom. The minimum absolute atomic E-state index is 0.242. The number of hydrogen-bond acceptors (Lipinski definition) is 1. The summed E-state index contributed by atoms with van der Waals surface area (Å²) < 4.78 is 0. The Hall–Kier alpha value is -1.31. The lowest BCUT2D eigenvalue weighted by atomic mass is 9.88. The number of amides is 1. The molecule has 0 aromatic heterocycles. The van der Waals surface area contributed by atoms with Gasteiger partial charge in [-0.2, -0.15) is 0 Å². The summed E-state index contributed by atoms with van der Waals surface area (Å²) in [5.41, 5.74) is 0.930. The summed E-state index contributed by atoms with van der Waals surface area (Å²) in [5, 5.41) is 0. The van der Waals surface area contributed by atoms with Gasteiger partial charge in [0, 0.05) is 18.5 Å². The standard InChI is InChI=1S/C15H23NO/c1-5-15(3,4)14(17)16(6-2)12-13-10-8-7-9-11-13/h7-11H,5-6,12H2,1-4H3. The zero-order valence-corrected chi connectivity index (χ0v) is 11.4. The zero-order chi connectivity index (χ0) is 12.9. The van der Waals surface area contributed by atoms with Crippen LogP contribution in [0.2, 0.25) is 0 Å². The molecule has 2 heteroatoms. The Morgan fingerprint density at radius 2 is 1.76 bits per heavy atom. The topological polar surface area (TPSA) is 20.3 Å². The molecule has 0 bridgehead atoms. The molecular weight excluding hydrogens is 210 g/mol. The first-order valence-electron chi connectivity index (χ1n) is 6.34. The average Bonchev–Trinajstić information content (AvgIpc) is 2.36. The fraction of sp³-hybridized carbons (Fsp3) is 0.533. The Kier molecular flexibility index (Phi) is 4.73. The van der Waals surface area contributed by atoms with E-state index in [2.05, 4.69) is 19.1 Å². The van der Waals surface area contributed by atoms with Crippen LogP contribution in [0.3, 0.4) is 0 Å². The van der Waals surface area contributed by atoms with Crippen molar-refractivity contribution in [2.75, 3.05) is 6.54 Å². The predicted molar refractivity (Wildman–Crippen MR) is 71.6 cm³/mol. The van der Waals surface area contributed by atoms with E-state index in [1.807, 2.05) is 43.9 Å². The Labute approximate surface area is 105 Å². The Morgan fingerprint density at radius 3 is 2.24 bits per heavy atom. The van der Waals surface area contributed by atoms with Crippen LogP contribution in [0.1, 0.15) is 39.7 Å². The van der Waals surface area contributed by atoms with Crippen molar-refractivity contribution in [3.8, 4) is 0 Å². The number of nitrogens with zero attached hydrogens (tertiary/aromatic N) is 1. The molecule has 0 atom stereocenters. The van der Waals surface area contributed by atoms with Crippen molar-refractivity contribution in [2.24, 2.45) is 5.41 Å². The second kappa shape index (κ2) is 5.85. The minimum Gasteiger partial charge on any atom is -0.338 e. The minimum atomic E-state index is -0.259. The van der Waals surface area contributed by atoms with Crippen LogP contribution < -0.4 is 0 Å². The lowest BCUT2D eigenvalue weighted by Crippen LogP contribution is -2.40. The van der Waals surface area contributed by atoms with E-state index in [-0.39, 0.29) is 11.3 Å². The van der Waals surface area contributed by atoms with Gasteiger partial charge in [-0.15, -0.1) is 0 Å². The lowest BCUT2D eigenvalue weighted by Gasteiger charge is -2.30. The second-order valence-electron chi connectivity index (χ2n) is 5.04. The molecule has 17 heavy (non-hydrogen) atoms. The van der Waals surface area contributed by atoms with Gasteiger partial charge in [-0.25, -0.2) is 0 Å². The maximum absolute atomic E-state index is 12.4. The molecule has 0 aliphatic rings. The third-order valence-electron chi connectivity index (χ3n) is 3.35. The average molecular weight is 233 g/mol. The van der Waals surface area contributed by atoms with Crippen LogP contribution in [0.4, 0.5) is 0 Å². The number of carbonyl (C=O) groups is 1. The maximum atomic E-state index is 12.4. The normalized spacial score (nSPS) is 11.3. The van der Waals surface area contributed by atoms with Crippen LogP contribution in [0.5, 0.6) is 0 Å². The third kappa shape index (κ3) is 3.58. The summed E-state index contributed by atoms with van der Waals surface area (Å²) in [6.07, 6.45) is 0.872. The smallest absolute Gasteiger partial charge is 0.228 e. The first-order chi connectivity index (χ1) is 8.01. The van der Waals surface area contributed by atoms with Crippen LogP contribution >= 0.6 is 0 Å². The van der Waals surface area contributed by atoms with Crippen molar-refractivity contribution in [3.63, 3.8) is 0 Å².